The first-order valence-corrected chi connectivity index (χ1v) is 8.74. The van der Waals surface area contributed by atoms with Gasteiger partial charge < -0.3 is 15.0 Å². The molecule has 1 aliphatic rings. The molecule has 0 radical (unpaired) electrons. The Hall–Kier alpha value is -2.86. The summed E-state index contributed by atoms with van der Waals surface area (Å²) in [4.78, 5) is 14.1. The maximum absolute atomic E-state index is 12.3. The van der Waals surface area contributed by atoms with Gasteiger partial charge in [0.15, 0.2) is 0 Å². The molecule has 3 aromatic rings. The molecular weight excluding hydrogens is 328 g/mol. The van der Waals surface area contributed by atoms with E-state index in [1.807, 2.05) is 42.1 Å². The molecule has 6 heteroatoms. The smallest absolute Gasteiger partial charge is 0.322 e. The van der Waals surface area contributed by atoms with E-state index in [4.69, 9.17) is 4.74 Å². The van der Waals surface area contributed by atoms with Crippen LogP contribution >= 0.6 is 0 Å². The van der Waals surface area contributed by atoms with Crippen LogP contribution in [-0.4, -0.2) is 39.9 Å². The van der Waals surface area contributed by atoms with Gasteiger partial charge in [-0.05, 0) is 36.2 Å². The second kappa shape index (κ2) is 6.80. The molecule has 1 N–H and O–H groups in total. The fraction of sp³-hybridized carbons (Fsp3) is 0.300. The topological polar surface area (TPSA) is 59.4 Å². The summed E-state index contributed by atoms with van der Waals surface area (Å²) >= 11 is 0. The van der Waals surface area contributed by atoms with E-state index >= 15 is 0 Å². The molecule has 2 heterocycles. The van der Waals surface area contributed by atoms with Gasteiger partial charge in [0, 0.05) is 18.1 Å². The van der Waals surface area contributed by atoms with E-state index in [9.17, 15) is 4.79 Å². The Balaban J connectivity index is 1.28. The molecule has 1 fully saturated rings. The van der Waals surface area contributed by atoms with Crippen molar-refractivity contribution in [3.05, 3.63) is 59.8 Å². The van der Waals surface area contributed by atoms with E-state index in [1.165, 1.54) is 11.1 Å². The van der Waals surface area contributed by atoms with Gasteiger partial charge >= 0.3 is 6.03 Å². The number of amides is 2. The predicted molar refractivity (Wildman–Crippen MR) is 101 cm³/mol. The number of nitrogens with zero attached hydrogens (tertiary/aromatic N) is 3. The van der Waals surface area contributed by atoms with E-state index in [2.05, 4.69) is 29.5 Å². The van der Waals surface area contributed by atoms with Crippen molar-refractivity contribution in [2.45, 2.75) is 19.6 Å². The summed E-state index contributed by atoms with van der Waals surface area (Å²) in [7, 11) is 1.90. The lowest BCUT2D eigenvalue weighted by Gasteiger charge is -2.38. The minimum absolute atomic E-state index is 0.0935. The molecule has 0 unspecified atom stereocenters. The van der Waals surface area contributed by atoms with Gasteiger partial charge in [0.1, 0.15) is 0 Å². The van der Waals surface area contributed by atoms with Gasteiger partial charge in [0.25, 0.3) is 0 Å². The molecule has 2 aromatic carbocycles. The number of urea groups is 1. The molecule has 0 spiro atoms. The van der Waals surface area contributed by atoms with Crippen LogP contribution in [0.3, 0.4) is 0 Å². The Labute approximate surface area is 152 Å². The highest BCUT2D eigenvalue weighted by atomic mass is 16.5. The van der Waals surface area contributed by atoms with E-state index in [0.717, 1.165) is 16.6 Å². The lowest BCUT2D eigenvalue weighted by Crippen LogP contribution is -2.56. The summed E-state index contributed by atoms with van der Waals surface area (Å²) in [6.45, 7) is 3.91. The highest BCUT2D eigenvalue weighted by Gasteiger charge is 2.31. The van der Waals surface area contributed by atoms with Gasteiger partial charge in [-0.3, -0.25) is 4.68 Å². The summed E-state index contributed by atoms with van der Waals surface area (Å²) in [6.07, 6.45) is 1.89. The van der Waals surface area contributed by atoms with Gasteiger partial charge in [-0.1, -0.05) is 24.3 Å². The number of hydrogen-bond donors (Lipinski definition) is 1. The standard InChI is InChI=1S/C20H22N4O2/c1-14-5-3-4-6-15(14)13-26-18-11-24(12-18)20(25)22-17-7-8-19-16(9-17)10-21-23(19)2/h3-10,18H,11-13H2,1-2H3,(H,22,25). The first-order chi connectivity index (χ1) is 12.6. The van der Waals surface area contributed by atoms with E-state index in [-0.39, 0.29) is 12.1 Å². The molecule has 0 saturated carbocycles. The van der Waals surface area contributed by atoms with Gasteiger partial charge in [-0.15, -0.1) is 0 Å². The molecule has 26 heavy (non-hydrogen) atoms. The van der Waals surface area contributed by atoms with E-state index in [1.54, 1.807) is 11.1 Å². The largest absolute Gasteiger partial charge is 0.370 e. The van der Waals surface area contributed by atoms with Crippen LogP contribution in [0.25, 0.3) is 10.9 Å². The molecule has 1 aromatic heterocycles. The maximum atomic E-state index is 12.3. The molecule has 1 aliphatic heterocycles. The lowest BCUT2D eigenvalue weighted by atomic mass is 10.1. The Morgan fingerprint density at radius 3 is 2.88 bits per heavy atom. The van der Waals surface area contributed by atoms with Crippen LogP contribution in [0.2, 0.25) is 0 Å². The number of benzene rings is 2. The zero-order valence-electron chi connectivity index (χ0n) is 15.0. The average Bonchev–Trinajstić information content (AvgIpc) is 2.95. The Bertz CT molecular complexity index is 944. The van der Waals surface area contributed by atoms with Crippen molar-refractivity contribution in [3.8, 4) is 0 Å². The zero-order valence-corrected chi connectivity index (χ0v) is 15.0. The number of nitrogens with one attached hydrogen (secondary N) is 1. The first-order valence-electron chi connectivity index (χ1n) is 8.74. The van der Waals surface area contributed by atoms with E-state index < -0.39 is 0 Å². The molecule has 2 amide bonds. The summed E-state index contributed by atoms with van der Waals surface area (Å²) in [5.41, 5.74) is 4.24. The summed E-state index contributed by atoms with van der Waals surface area (Å²) in [6, 6.07) is 13.9. The van der Waals surface area contributed by atoms with Gasteiger partial charge in [0.2, 0.25) is 0 Å². The number of carbonyl (C=O) groups excluding carboxylic acids is 1. The number of carbonyl (C=O) groups is 1. The van der Waals surface area contributed by atoms with Crippen LogP contribution in [0.5, 0.6) is 0 Å². The van der Waals surface area contributed by atoms with Gasteiger partial charge in [-0.25, -0.2) is 4.79 Å². The zero-order chi connectivity index (χ0) is 18.1. The lowest BCUT2D eigenvalue weighted by molar-refractivity contribution is -0.0422. The van der Waals surface area contributed by atoms with Gasteiger partial charge in [0.05, 0.1) is 37.5 Å². The highest BCUT2D eigenvalue weighted by molar-refractivity contribution is 5.93. The number of likely N-dealkylation sites (tertiary alicyclic amines) is 1. The van der Waals surface area contributed by atoms with Crippen molar-refractivity contribution < 1.29 is 9.53 Å². The van der Waals surface area contributed by atoms with Crippen molar-refractivity contribution in [2.24, 2.45) is 7.05 Å². The number of anilines is 1. The van der Waals surface area contributed by atoms with Crippen molar-refractivity contribution in [3.63, 3.8) is 0 Å². The third kappa shape index (κ3) is 3.28. The molecule has 0 atom stereocenters. The molecule has 4 rings (SSSR count). The number of fused-ring (bicyclic) bond motifs is 1. The highest BCUT2D eigenvalue weighted by Crippen LogP contribution is 2.21. The minimum Gasteiger partial charge on any atom is -0.370 e. The van der Waals surface area contributed by atoms with Crippen molar-refractivity contribution >= 4 is 22.6 Å². The average molecular weight is 350 g/mol. The van der Waals surface area contributed by atoms with Crippen LogP contribution in [0, 0.1) is 6.92 Å². The monoisotopic (exact) mass is 350 g/mol. The molecule has 0 bridgehead atoms. The van der Waals surface area contributed by atoms with Crippen LogP contribution in [0.4, 0.5) is 10.5 Å². The maximum Gasteiger partial charge on any atom is 0.322 e. The quantitative estimate of drug-likeness (QED) is 0.785. The molecule has 6 nitrogen and oxygen atoms in total. The molecular formula is C20H22N4O2. The number of ether oxygens (including phenoxy) is 1. The molecule has 0 aliphatic carbocycles. The normalized spacial score (nSPS) is 14.5. The van der Waals surface area contributed by atoms with Crippen molar-refractivity contribution in [1.29, 1.82) is 0 Å². The van der Waals surface area contributed by atoms with Crippen LogP contribution in [0.1, 0.15) is 11.1 Å². The Morgan fingerprint density at radius 2 is 2.08 bits per heavy atom. The predicted octanol–water partition coefficient (Wildman–Crippen LogP) is 3.31. The Kier molecular flexibility index (Phi) is 4.34. The summed E-state index contributed by atoms with van der Waals surface area (Å²) in [5, 5.41) is 8.17. The Morgan fingerprint density at radius 1 is 1.27 bits per heavy atom. The number of hydrogen-bond acceptors (Lipinski definition) is 3. The van der Waals surface area contributed by atoms with Crippen LogP contribution in [0.15, 0.2) is 48.7 Å². The number of aryl methyl sites for hydroxylation is 2. The third-order valence-electron chi connectivity index (χ3n) is 4.87. The third-order valence-corrected chi connectivity index (χ3v) is 4.87. The second-order valence-electron chi connectivity index (χ2n) is 6.74. The number of aromatic nitrogens is 2. The van der Waals surface area contributed by atoms with Gasteiger partial charge in [-0.2, -0.15) is 5.10 Å². The fourth-order valence-electron chi connectivity index (χ4n) is 3.13. The van der Waals surface area contributed by atoms with Crippen molar-refractivity contribution in [2.75, 3.05) is 18.4 Å². The van der Waals surface area contributed by atoms with Crippen LogP contribution in [-0.2, 0) is 18.4 Å². The molecule has 134 valence electrons. The fourth-order valence-corrected chi connectivity index (χ4v) is 3.13. The number of rotatable bonds is 4. The van der Waals surface area contributed by atoms with E-state index in [0.29, 0.717) is 19.7 Å². The SMILES string of the molecule is Cc1ccccc1COC1CN(C(=O)Nc2ccc3c(cnn3C)c2)C1. The minimum atomic E-state index is -0.0935. The van der Waals surface area contributed by atoms with Crippen molar-refractivity contribution in [1.82, 2.24) is 14.7 Å². The summed E-state index contributed by atoms with van der Waals surface area (Å²) in [5.74, 6) is 0. The second-order valence-corrected chi connectivity index (χ2v) is 6.74. The van der Waals surface area contributed by atoms with Crippen LogP contribution < -0.4 is 5.32 Å². The molecule has 1 saturated heterocycles. The summed E-state index contributed by atoms with van der Waals surface area (Å²) < 4.78 is 7.72. The first kappa shape index (κ1) is 16.6.